The fraction of sp³-hybridized carbons (Fsp3) is 0.636. The Morgan fingerprint density at radius 2 is 1.95 bits per heavy atom. The fourth-order valence-corrected chi connectivity index (χ4v) is 3.88. The maximum Gasteiger partial charge on any atom is 0.330 e. The lowest BCUT2D eigenvalue weighted by atomic mass is 9.78. The molecule has 0 aromatic carbocycles. The van der Waals surface area contributed by atoms with Crippen LogP contribution in [0.3, 0.4) is 0 Å². The van der Waals surface area contributed by atoms with Crippen LogP contribution in [0.1, 0.15) is 19.3 Å². The molecule has 2 rings (SSSR count). The first kappa shape index (κ1) is 14.9. The first-order valence-electron chi connectivity index (χ1n) is 6.23. The molecule has 0 bridgehead atoms. The minimum atomic E-state index is -4.01. The van der Waals surface area contributed by atoms with Crippen LogP contribution < -0.4 is 21.7 Å². The van der Waals surface area contributed by atoms with Crippen LogP contribution in [-0.2, 0) is 24.1 Å². The number of nitrogens with one attached hydrogen (secondary N) is 1. The molecule has 0 spiro atoms. The van der Waals surface area contributed by atoms with Gasteiger partial charge in [-0.2, -0.15) is 0 Å². The lowest BCUT2D eigenvalue weighted by Crippen LogP contribution is -2.58. The lowest BCUT2D eigenvalue weighted by molar-refractivity contribution is 0.230. The van der Waals surface area contributed by atoms with Gasteiger partial charge < -0.3 is 10.3 Å². The Morgan fingerprint density at radius 1 is 1.35 bits per heavy atom. The van der Waals surface area contributed by atoms with Gasteiger partial charge in [0.25, 0.3) is 5.56 Å². The quantitative estimate of drug-likeness (QED) is 0.684. The Balaban J connectivity index is 2.51. The number of nitrogens with two attached hydrogens (primary N) is 1. The predicted octanol–water partition coefficient (Wildman–Crippen LogP) is -1.76. The van der Waals surface area contributed by atoms with Crippen molar-refractivity contribution in [2.75, 3.05) is 6.54 Å². The van der Waals surface area contributed by atoms with Gasteiger partial charge in [-0.05, 0) is 19.3 Å². The number of aromatic nitrogens is 2. The van der Waals surface area contributed by atoms with E-state index < -0.39 is 31.7 Å². The summed E-state index contributed by atoms with van der Waals surface area (Å²) < 4.78 is 29.0. The highest BCUT2D eigenvalue weighted by atomic mass is 32.2. The summed E-state index contributed by atoms with van der Waals surface area (Å²) in [5.41, 5.74) is 3.52. The van der Waals surface area contributed by atoms with Crippen molar-refractivity contribution in [1.82, 2.24) is 13.9 Å². The Morgan fingerprint density at radius 3 is 2.40 bits per heavy atom. The van der Waals surface area contributed by atoms with E-state index >= 15 is 0 Å². The molecule has 112 valence electrons. The molecule has 9 heteroatoms. The monoisotopic (exact) mass is 302 g/mol. The number of nitrogens with zero attached hydrogens (tertiary/aromatic N) is 2. The maximum atomic E-state index is 12.3. The van der Waals surface area contributed by atoms with Crippen LogP contribution in [0, 0.1) is 0 Å². The van der Waals surface area contributed by atoms with Crippen molar-refractivity contribution in [1.29, 1.82) is 0 Å². The molecule has 1 fully saturated rings. The Labute approximate surface area is 116 Å². The minimum absolute atomic E-state index is 0.179. The Bertz CT molecular complexity index is 737. The van der Waals surface area contributed by atoms with Gasteiger partial charge in [0.15, 0.2) is 4.90 Å². The molecule has 20 heavy (non-hydrogen) atoms. The van der Waals surface area contributed by atoms with Crippen LogP contribution in [0.2, 0.25) is 0 Å². The van der Waals surface area contributed by atoms with E-state index in [1.807, 2.05) is 0 Å². The molecule has 3 N–H and O–H groups in total. The second-order valence-electron chi connectivity index (χ2n) is 5.19. The summed E-state index contributed by atoms with van der Waals surface area (Å²) in [6, 6.07) is 0. The highest BCUT2D eigenvalue weighted by molar-refractivity contribution is 7.89. The molecule has 0 unspecified atom stereocenters. The van der Waals surface area contributed by atoms with Gasteiger partial charge in [0.1, 0.15) is 0 Å². The van der Waals surface area contributed by atoms with Crippen molar-refractivity contribution in [2.24, 2.45) is 19.8 Å². The highest BCUT2D eigenvalue weighted by Gasteiger charge is 2.40. The predicted molar refractivity (Wildman–Crippen MR) is 72.9 cm³/mol. The van der Waals surface area contributed by atoms with Gasteiger partial charge in [0.05, 0.1) is 0 Å². The van der Waals surface area contributed by atoms with E-state index in [-0.39, 0.29) is 6.54 Å². The van der Waals surface area contributed by atoms with Crippen LogP contribution in [0.5, 0.6) is 0 Å². The van der Waals surface area contributed by atoms with Crippen molar-refractivity contribution in [3.63, 3.8) is 0 Å². The molecule has 0 amide bonds. The van der Waals surface area contributed by atoms with Crippen molar-refractivity contribution in [3.8, 4) is 0 Å². The smallest absolute Gasteiger partial charge is 0.329 e. The zero-order valence-electron chi connectivity index (χ0n) is 11.4. The highest BCUT2D eigenvalue weighted by Crippen LogP contribution is 2.31. The van der Waals surface area contributed by atoms with Gasteiger partial charge in [-0.3, -0.25) is 9.36 Å². The standard InChI is InChI=1S/C11H18N4O4S/c1-14-6-8(9(16)15(2)10(14)17)20(18,19)13-11(7-12)4-3-5-11/h6,13H,3-5,7,12H2,1-2H3. The molecule has 1 aromatic rings. The SMILES string of the molecule is Cn1cc(S(=O)(=O)NC2(CN)CCC2)c(=O)n(C)c1=O. The van der Waals surface area contributed by atoms with E-state index in [1.54, 1.807) is 0 Å². The van der Waals surface area contributed by atoms with Crippen molar-refractivity contribution < 1.29 is 8.42 Å². The fourth-order valence-electron chi connectivity index (χ4n) is 2.25. The zero-order chi connectivity index (χ0) is 15.1. The summed E-state index contributed by atoms with van der Waals surface area (Å²) in [6.45, 7) is 0.179. The molecule has 1 aromatic heterocycles. The van der Waals surface area contributed by atoms with E-state index in [2.05, 4.69) is 4.72 Å². The van der Waals surface area contributed by atoms with Gasteiger partial charge in [-0.1, -0.05) is 0 Å². The molecule has 1 saturated carbocycles. The largest absolute Gasteiger partial charge is 0.330 e. The zero-order valence-corrected chi connectivity index (χ0v) is 12.2. The number of rotatable bonds is 4. The van der Waals surface area contributed by atoms with Gasteiger partial charge in [-0.15, -0.1) is 0 Å². The molecule has 0 atom stereocenters. The normalized spacial score (nSPS) is 17.8. The maximum absolute atomic E-state index is 12.3. The average molecular weight is 302 g/mol. The third-order valence-corrected chi connectivity index (χ3v) is 5.32. The molecular weight excluding hydrogens is 284 g/mol. The molecule has 0 radical (unpaired) electrons. The topological polar surface area (TPSA) is 116 Å². The summed E-state index contributed by atoms with van der Waals surface area (Å²) in [5.74, 6) is 0. The average Bonchev–Trinajstić information content (AvgIpc) is 2.35. The first-order valence-corrected chi connectivity index (χ1v) is 7.71. The number of sulfonamides is 1. The van der Waals surface area contributed by atoms with Crippen molar-refractivity contribution in [3.05, 3.63) is 27.0 Å². The van der Waals surface area contributed by atoms with Crippen LogP contribution in [-0.4, -0.2) is 29.6 Å². The summed E-state index contributed by atoms with van der Waals surface area (Å²) in [5, 5.41) is 0. The van der Waals surface area contributed by atoms with Gasteiger partial charge >= 0.3 is 5.69 Å². The number of aryl methyl sites for hydroxylation is 1. The van der Waals surface area contributed by atoms with E-state index in [0.29, 0.717) is 12.8 Å². The van der Waals surface area contributed by atoms with Crippen LogP contribution in [0.15, 0.2) is 20.7 Å². The second-order valence-corrected chi connectivity index (χ2v) is 6.85. The molecule has 1 aliphatic carbocycles. The molecule has 8 nitrogen and oxygen atoms in total. The Kier molecular flexibility index (Phi) is 3.61. The van der Waals surface area contributed by atoms with Crippen molar-refractivity contribution in [2.45, 2.75) is 29.7 Å². The Hall–Kier alpha value is -1.45. The lowest BCUT2D eigenvalue weighted by Gasteiger charge is -2.41. The van der Waals surface area contributed by atoms with E-state index in [0.717, 1.165) is 21.8 Å². The third kappa shape index (κ3) is 2.32. The van der Waals surface area contributed by atoms with Crippen LogP contribution in [0.25, 0.3) is 0 Å². The summed E-state index contributed by atoms with van der Waals surface area (Å²) in [7, 11) is -1.37. The molecular formula is C11H18N4O4S. The van der Waals surface area contributed by atoms with Crippen LogP contribution >= 0.6 is 0 Å². The van der Waals surface area contributed by atoms with E-state index in [9.17, 15) is 18.0 Å². The molecule has 0 saturated heterocycles. The number of hydrogen-bond acceptors (Lipinski definition) is 5. The second kappa shape index (κ2) is 4.83. The van der Waals surface area contributed by atoms with Crippen molar-refractivity contribution >= 4 is 10.0 Å². The third-order valence-electron chi connectivity index (χ3n) is 3.76. The van der Waals surface area contributed by atoms with E-state index in [1.165, 1.54) is 14.1 Å². The molecule has 1 heterocycles. The van der Waals surface area contributed by atoms with E-state index in [4.69, 9.17) is 5.73 Å². The summed E-state index contributed by atoms with van der Waals surface area (Å²) in [6.07, 6.45) is 3.23. The van der Waals surface area contributed by atoms with Gasteiger partial charge in [0, 0.05) is 32.4 Å². The molecule has 0 aliphatic heterocycles. The number of hydrogen-bond donors (Lipinski definition) is 2. The minimum Gasteiger partial charge on any atom is -0.329 e. The molecule has 1 aliphatic rings. The summed E-state index contributed by atoms with van der Waals surface area (Å²) in [4.78, 5) is 23.1. The first-order chi connectivity index (χ1) is 9.22. The van der Waals surface area contributed by atoms with Crippen LogP contribution in [0.4, 0.5) is 0 Å². The van der Waals surface area contributed by atoms with Gasteiger partial charge in [0.2, 0.25) is 10.0 Å². The van der Waals surface area contributed by atoms with Gasteiger partial charge in [-0.25, -0.2) is 17.9 Å². The summed E-state index contributed by atoms with van der Waals surface area (Å²) >= 11 is 0.